The summed E-state index contributed by atoms with van der Waals surface area (Å²) in [7, 11) is 0. The maximum atomic E-state index is 9.31. The summed E-state index contributed by atoms with van der Waals surface area (Å²) in [6, 6.07) is 36.5. The van der Waals surface area contributed by atoms with Crippen molar-refractivity contribution >= 4 is 43.6 Å². The van der Waals surface area contributed by atoms with E-state index in [2.05, 4.69) is 19.9 Å². The minimum atomic E-state index is 0. The van der Waals surface area contributed by atoms with Crippen LogP contribution in [0.1, 0.15) is 0 Å². The molecular formula is C36H28MoN4O4. The Hall–Kier alpha value is -5.59. The smallest absolute Gasteiger partial charge is 0.141 e. The number of aromatic hydroxyl groups is 4. The van der Waals surface area contributed by atoms with Crippen LogP contribution in [0.15, 0.2) is 146 Å². The molecule has 0 amide bonds. The molecule has 8 nitrogen and oxygen atoms in total. The first kappa shape index (κ1) is 32.3. The molecule has 0 aliphatic rings. The van der Waals surface area contributed by atoms with E-state index >= 15 is 0 Å². The van der Waals surface area contributed by atoms with E-state index in [0.29, 0.717) is 22.1 Å². The maximum Gasteiger partial charge on any atom is 0.141 e. The number of phenols is 4. The molecule has 8 rings (SSSR count). The van der Waals surface area contributed by atoms with Crippen LogP contribution >= 0.6 is 0 Å². The largest absolute Gasteiger partial charge is 0.506 e. The Morgan fingerprint density at radius 1 is 0.289 bits per heavy atom. The van der Waals surface area contributed by atoms with Gasteiger partial charge in [-0.2, -0.15) is 0 Å². The van der Waals surface area contributed by atoms with Crippen LogP contribution in [0.4, 0.5) is 0 Å². The standard InChI is InChI=1S/4C9H7NO.Mo/c4*11-8-5-1-3-7-4-2-6-10-9(7)8;/h4*1-6,11H;. The summed E-state index contributed by atoms with van der Waals surface area (Å²) >= 11 is 0. The van der Waals surface area contributed by atoms with Gasteiger partial charge in [-0.3, -0.25) is 19.9 Å². The number of hydrogen-bond acceptors (Lipinski definition) is 8. The minimum absolute atomic E-state index is 0. The van der Waals surface area contributed by atoms with Gasteiger partial charge in [-0.05, 0) is 48.5 Å². The number of rotatable bonds is 0. The molecule has 0 fully saturated rings. The summed E-state index contributed by atoms with van der Waals surface area (Å²) in [5.74, 6) is 0.956. The molecule has 4 N–H and O–H groups in total. The van der Waals surface area contributed by atoms with Crippen molar-refractivity contribution in [1.82, 2.24) is 19.9 Å². The third kappa shape index (κ3) is 8.28. The normalized spacial score (nSPS) is 9.96. The van der Waals surface area contributed by atoms with E-state index in [0.717, 1.165) is 21.5 Å². The average Bonchev–Trinajstić information content (AvgIpc) is 3.07. The summed E-state index contributed by atoms with van der Waals surface area (Å²) in [5.41, 5.74) is 2.65. The Balaban J connectivity index is 0.000000136. The molecule has 0 radical (unpaired) electrons. The van der Waals surface area contributed by atoms with Gasteiger partial charge in [0.1, 0.15) is 45.1 Å². The fraction of sp³-hybridized carbons (Fsp3) is 0. The van der Waals surface area contributed by atoms with Gasteiger partial charge < -0.3 is 20.4 Å². The Kier molecular flexibility index (Phi) is 11.3. The molecule has 45 heavy (non-hydrogen) atoms. The van der Waals surface area contributed by atoms with Crippen LogP contribution in [-0.4, -0.2) is 40.4 Å². The van der Waals surface area contributed by atoms with Crippen molar-refractivity contribution in [3.8, 4) is 23.0 Å². The van der Waals surface area contributed by atoms with Crippen molar-refractivity contribution in [2.75, 3.05) is 0 Å². The Labute approximate surface area is 273 Å². The molecule has 8 aromatic rings. The average molecular weight is 677 g/mol. The summed E-state index contributed by atoms with van der Waals surface area (Å²) in [4.78, 5) is 16.1. The summed E-state index contributed by atoms with van der Waals surface area (Å²) < 4.78 is 0. The zero-order chi connectivity index (χ0) is 30.7. The number of nitrogens with zero attached hydrogens (tertiary/aromatic N) is 4. The van der Waals surface area contributed by atoms with Crippen molar-refractivity contribution in [2.45, 2.75) is 0 Å². The number of hydrogen-bond donors (Lipinski definition) is 4. The Morgan fingerprint density at radius 2 is 0.489 bits per heavy atom. The fourth-order valence-electron chi connectivity index (χ4n) is 4.35. The zero-order valence-corrected chi connectivity index (χ0v) is 25.8. The molecule has 9 heteroatoms. The van der Waals surface area contributed by atoms with Crippen molar-refractivity contribution < 1.29 is 41.5 Å². The van der Waals surface area contributed by atoms with Crippen LogP contribution in [0.25, 0.3) is 43.6 Å². The third-order valence-corrected chi connectivity index (χ3v) is 6.45. The summed E-state index contributed by atoms with van der Waals surface area (Å²) in [6.45, 7) is 0. The molecule has 0 saturated heterocycles. The molecule has 0 atom stereocenters. The first-order valence-electron chi connectivity index (χ1n) is 13.6. The number of fused-ring (bicyclic) bond motifs is 4. The first-order valence-corrected chi connectivity index (χ1v) is 13.6. The second-order valence-corrected chi connectivity index (χ2v) is 9.41. The van der Waals surface area contributed by atoms with Crippen molar-refractivity contribution in [1.29, 1.82) is 0 Å². The van der Waals surface area contributed by atoms with E-state index in [1.54, 1.807) is 73.3 Å². The van der Waals surface area contributed by atoms with Gasteiger partial charge >= 0.3 is 0 Å². The van der Waals surface area contributed by atoms with Crippen LogP contribution in [0.5, 0.6) is 23.0 Å². The number of phenolic OH excluding ortho intramolecular Hbond substituents is 4. The SMILES string of the molecule is Oc1cccc2cccnc12.Oc1cccc2cccnc12.Oc1cccc2cccnc12.Oc1cccc2cccnc12.[Mo]. The second-order valence-electron chi connectivity index (χ2n) is 9.41. The van der Waals surface area contributed by atoms with Crippen LogP contribution in [0.3, 0.4) is 0 Å². The maximum absolute atomic E-state index is 9.31. The molecule has 0 aliphatic carbocycles. The van der Waals surface area contributed by atoms with Gasteiger partial charge in [-0.25, -0.2) is 0 Å². The Bertz CT molecular complexity index is 1830. The van der Waals surface area contributed by atoms with Crippen molar-refractivity contribution in [3.63, 3.8) is 0 Å². The number of pyridine rings is 4. The van der Waals surface area contributed by atoms with Crippen LogP contribution in [0, 0.1) is 0 Å². The second kappa shape index (κ2) is 15.8. The van der Waals surface area contributed by atoms with Crippen LogP contribution in [0.2, 0.25) is 0 Å². The number of aromatic nitrogens is 4. The van der Waals surface area contributed by atoms with E-state index in [4.69, 9.17) is 0 Å². The van der Waals surface area contributed by atoms with Crippen LogP contribution in [-0.2, 0) is 21.1 Å². The molecule has 4 heterocycles. The molecule has 222 valence electrons. The molecular weight excluding hydrogens is 648 g/mol. The van der Waals surface area contributed by atoms with Gasteiger partial charge in [-0.1, -0.05) is 72.8 Å². The van der Waals surface area contributed by atoms with Gasteiger partial charge in [0.25, 0.3) is 0 Å². The molecule has 4 aromatic carbocycles. The first-order chi connectivity index (χ1) is 21.5. The Morgan fingerprint density at radius 3 is 0.689 bits per heavy atom. The fourth-order valence-corrected chi connectivity index (χ4v) is 4.35. The molecule has 0 unspecified atom stereocenters. The predicted molar refractivity (Wildman–Crippen MR) is 174 cm³/mol. The van der Waals surface area contributed by atoms with E-state index in [1.165, 1.54) is 0 Å². The molecule has 0 bridgehead atoms. The van der Waals surface area contributed by atoms with E-state index in [9.17, 15) is 20.4 Å². The number of benzene rings is 4. The van der Waals surface area contributed by atoms with E-state index in [1.807, 2.05) is 72.8 Å². The van der Waals surface area contributed by atoms with Gasteiger partial charge in [0.05, 0.1) is 0 Å². The third-order valence-electron chi connectivity index (χ3n) is 6.45. The molecule has 4 aromatic heterocycles. The molecule has 0 spiro atoms. The zero-order valence-electron chi connectivity index (χ0n) is 23.8. The minimum Gasteiger partial charge on any atom is -0.506 e. The van der Waals surface area contributed by atoms with Crippen molar-refractivity contribution in [3.05, 3.63) is 146 Å². The molecule has 0 aliphatic heterocycles. The van der Waals surface area contributed by atoms with Crippen molar-refractivity contribution in [2.24, 2.45) is 0 Å². The topological polar surface area (TPSA) is 132 Å². The van der Waals surface area contributed by atoms with Gasteiger partial charge in [0.2, 0.25) is 0 Å². The van der Waals surface area contributed by atoms with Gasteiger partial charge in [0, 0.05) is 67.4 Å². The monoisotopic (exact) mass is 678 g/mol. The predicted octanol–water partition coefficient (Wildman–Crippen LogP) is 7.76. The van der Waals surface area contributed by atoms with Gasteiger partial charge in [0.15, 0.2) is 0 Å². The van der Waals surface area contributed by atoms with E-state index in [-0.39, 0.29) is 44.1 Å². The number of para-hydroxylation sites is 4. The van der Waals surface area contributed by atoms with Crippen LogP contribution < -0.4 is 0 Å². The summed E-state index contributed by atoms with van der Waals surface area (Å²) in [5, 5.41) is 41.1. The molecule has 0 saturated carbocycles. The quantitative estimate of drug-likeness (QED) is 0.120. The van der Waals surface area contributed by atoms with E-state index < -0.39 is 0 Å². The summed E-state index contributed by atoms with van der Waals surface area (Å²) in [6.07, 6.45) is 6.67. The van der Waals surface area contributed by atoms with Gasteiger partial charge in [-0.15, -0.1) is 0 Å².